The lowest BCUT2D eigenvalue weighted by atomic mass is 9.98. The van der Waals surface area contributed by atoms with Crippen LogP contribution >= 0.6 is 11.6 Å². The lowest BCUT2D eigenvalue weighted by molar-refractivity contribution is -0.132. The van der Waals surface area contributed by atoms with E-state index in [1.807, 2.05) is 24.3 Å². The zero-order valence-corrected chi connectivity index (χ0v) is 16.0. The first kappa shape index (κ1) is 18.9. The van der Waals surface area contributed by atoms with Crippen molar-refractivity contribution in [2.75, 3.05) is 7.11 Å². The minimum absolute atomic E-state index is 0.179. The van der Waals surface area contributed by atoms with Gasteiger partial charge in [-0.3, -0.25) is 9.59 Å². The zero-order chi connectivity index (χ0) is 19.6. The molecule has 1 amide bonds. The third-order valence-electron chi connectivity index (χ3n) is 4.24. The van der Waals surface area contributed by atoms with Crippen LogP contribution in [0.4, 0.5) is 0 Å². The quantitative estimate of drug-likeness (QED) is 0.589. The van der Waals surface area contributed by atoms with E-state index >= 15 is 0 Å². The van der Waals surface area contributed by atoms with Gasteiger partial charge in [-0.05, 0) is 35.9 Å². The van der Waals surface area contributed by atoms with Crippen LogP contribution in [0.2, 0.25) is 5.02 Å². The van der Waals surface area contributed by atoms with E-state index in [9.17, 15) is 9.59 Å². The van der Waals surface area contributed by atoms with E-state index < -0.39 is 5.97 Å². The van der Waals surface area contributed by atoms with Crippen molar-refractivity contribution in [3.8, 4) is 11.5 Å². The van der Waals surface area contributed by atoms with Crippen molar-refractivity contribution in [3.05, 3.63) is 58.6 Å². The number of hydrogen-bond acceptors (Lipinski definition) is 5. The number of amides is 1. The van der Waals surface area contributed by atoms with Gasteiger partial charge in [0.1, 0.15) is 11.5 Å². The minimum atomic E-state index is -0.438. The van der Waals surface area contributed by atoms with Gasteiger partial charge in [-0.1, -0.05) is 23.7 Å². The predicted molar refractivity (Wildman–Crippen MR) is 102 cm³/mol. The molecule has 0 spiro atoms. The lowest BCUT2D eigenvalue weighted by Crippen LogP contribution is -2.24. The maximum absolute atomic E-state index is 12.1. The van der Waals surface area contributed by atoms with E-state index in [4.69, 9.17) is 21.1 Å². The van der Waals surface area contributed by atoms with Gasteiger partial charge in [-0.2, -0.15) is 5.10 Å². The molecule has 7 heteroatoms. The fourth-order valence-electron chi connectivity index (χ4n) is 3.02. The van der Waals surface area contributed by atoms with Crippen molar-refractivity contribution in [2.24, 2.45) is 5.10 Å². The summed E-state index contributed by atoms with van der Waals surface area (Å²) in [5.74, 6) is 0.484. The summed E-state index contributed by atoms with van der Waals surface area (Å²) in [5.41, 5.74) is 2.16. The molecule has 0 bridgehead atoms. The van der Waals surface area contributed by atoms with E-state index in [1.165, 1.54) is 18.9 Å². The molecule has 0 N–H and O–H groups in total. The van der Waals surface area contributed by atoms with Crippen LogP contribution in [0.5, 0.6) is 11.5 Å². The number of halogens is 1. The number of benzene rings is 2. The molecule has 0 aromatic heterocycles. The number of esters is 1. The second-order valence-electron chi connectivity index (χ2n) is 6.14. The summed E-state index contributed by atoms with van der Waals surface area (Å²) in [6, 6.07) is 12.2. The molecule has 0 saturated carbocycles. The van der Waals surface area contributed by atoms with Gasteiger partial charge >= 0.3 is 5.97 Å². The van der Waals surface area contributed by atoms with Crippen LogP contribution in [-0.2, 0) is 9.59 Å². The van der Waals surface area contributed by atoms with Gasteiger partial charge in [-0.25, -0.2) is 5.01 Å². The second-order valence-corrected chi connectivity index (χ2v) is 6.57. The zero-order valence-electron chi connectivity index (χ0n) is 15.2. The highest BCUT2D eigenvalue weighted by Crippen LogP contribution is 2.36. The van der Waals surface area contributed by atoms with Gasteiger partial charge in [0.25, 0.3) is 0 Å². The first-order valence-electron chi connectivity index (χ1n) is 8.38. The van der Waals surface area contributed by atoms with Gasteiger partial charge in [0.05, 0.1) is 18.9 Å². The number of methoxy groups -OCH3 is 1. The molecule has 0 aliphatic carbocycles. The number of hydrazone groups is 1. The third kappa shape index (κ3) is 4.11. The van der Waals surface area contributed by atoms with E-state index in [2.05, 4.69) is 5.10 Å². The van der Waals surface area contributed by atoms with Crippen LogP contribution in [0.15, 0.2) is 47.6 Å². The Balaban J connectivity index is 1.98. The molecule has 1 heterocycles. The van der Waals surface area contributed by atoms with Gasteiger partial charge in [0.15, 0.2) is 0 Å². The predicted octanol–water partition coefficient (Wildman–Crippen LogP) is 3.97. The van der Waals surface area contributed by atoms with Crippen LogP contribution in [0.25, 0.3) is 0 Å². The number of carbonyl (C=O) groups excluding carboxylic acids is 2. The van der Waals surface area contributed by atoms with Crippen molar-refractivity contribution < 1.29 is 19.1 Å². The molecule has 140 valence electrons. The maximum atomic E-state index is 12.1. The largest absolute Gasteiger partial charge is 0.497 e. The molecule has 1 aliphatic heterocycles. The van der Waals surface area contributed by atoms with Gasteiger partial charge < -0.3 is 9.47 Å². The summed E-state index contributed by atoms with van der Waals surface area (Å²) in [5, 5.41) is 6.42. The standard InChI is InChI=1S/C20H19ClN2O4/c1-12(24)23-19(14-4-7-16(26-3)8-5-14)11-18(22-23)17-10-15(21)6-9-20(17)27-13(2)25/h4-10,19H,11H2,1-3H3. The summed E-state index contributed by atoms with van der Waals surface area (Å²) >= 11 is 6.13. The summed E-state index contributed by atoms with van der Waals surface area (Å²) in [6.07, 6.45) is 0.473. The van der Waals surface area contributed by atoms with Crippen molar-refractivity contribution >= 4 is 29.2 Å². The number of rotatable bonds is 4. The summed E-state index contributed by atoms with van der Waals surface area (Å²) in [4.78, 5) is 23.6. The number of hydrogen-bond donors (Lipinski definition) is 0. The summed E-state index contributed by atoms with van der Waals surface area (Å²) < 4.78 is 10.5. The van der Waals surface area contributed by atoms with Crippen LogP contribution in [0.3, 0.4) is 0 Å². The highest BCUT2D eigenvalue weighted by atomic mass is 35.5. The normalized spacial score (nSPS) is 16.1. The van der Waals surface area contributed by atoms with Crippen LogP contribution in [0.1, 0.15) is 37.4 Å². The van der Waals surface area contributed by atoms with Gasteiger partial charge in [0.2, 0.25) is 5.91 Å². The summed E-state index contributed by atoms with van der Waals surface area (Å²) in [7, 11) is 1.60. The van der Waals surface area contributed by atoms with Gasteiger partial charge in [-0.15, -0.1) is 0 Å². The molecule has 1 unspecified atom stereocenters. The topological polar surface area (TPSA) is 68.2 Å². The van der Waals surface area contributed by atoms with Crippen molar-refractivity contribution in [3.63, 3.8) is 0 Å². The Hall–Kier alpha value is -2.86. The molecule has 27 heavy (non-hydrogen) atoms. The SMILES string of the molecule is COc1ccc(C2CC(c3cc(Cl)ccc3OC(C)=O)=NN2C(C)=O)cc1. The first-order valence-corrected chi connectivity index (χ1v) is 8.76. The second kappa shape index (κ2) is 7.80. The molecular formula is C20H19ClN2O4. The Morgan fingerprint density at radius 2 is 1.85 bits per heavy atom. The maximum Gasteiger partial charge on any atom is 0.308 e. The van der Waals surface area contributed by atoms with Crippen LogP contribution in [-0.4, -0.2) is 29.7 Å². The van der Waals surface area contributed by atoms with E-state index in [0.29, 0.717) is 28.5 Å². The fourth-order valence-corrected chi connectivity index (χ4v) is 3.19. The Bertz CT molecular complexity index is 909. The number of nitrogens with zero attached hydrogens (tertiary/aromatic N) is 2. The highest BCUT2D eigenvalue weighted by Gasteiger charge is 2.32. The Morgan fingerprint density at radius 3 is 2.44 bits per heavy atom. The monoisotopic (exact) mass is 386 g/mol. The fraction of sp³-hybridized carbons (Fsp3) is 0.250. The molecule has 0 saturated heterocycles. The Morgan fingerprint density at radius 1 is 1.15 bits per heavy atom. The lowest BCUT2D eigenvalue weighted by Gasteiger charge is -2.20. The van der Waals surface area contributed by atoms with Crippen LogP contribution in [0, 0.1) is 0 Å². The summed E-state index contributed by atoms with van der Waals surface area (Å²) in [6.45, 7) is 2.80. The minimum Gasteiger partial charge on any atom is -0.497 e. The average Bonchev–Trinajstić information content (AvgIpc) is 3.08. The smallest absolute Gasteiger partial charge is 0.308 e. The Labute approximate surface area is 162 Å². The highest BCUT2D eigenvalue weighted by molar-refractivity contribution is 6.31. The van der Waals surface area contributed by atoms with E-state index in [1.54, 1.807) is 25.3 Å². The molecule has 0 fully saturated rings. The van der Waals surface area contributed by atoms with Gasteiger partial charge in [0, 0.05) is 30.9 Å². The van der Waals surface area contributed by atoms with Crippen LogP contribution < -0.4 is 9.47 Å². The van der Waals surface area contributed by atoms with Crippen molar-refractivity contribution in [1.82, 2.24) is 5.01 Å². The molecular weight excluding hydrogens is 368 g/mol. The molecule has 1 atom stereocenters. The number of carbonyl (C=O) groups is 2. The number of ether oxygens (including phenoxy) is 2. The molecule has 0 radical (unpaired) electrons. The average molecular weight is 387 g/mol. The molecule has 3 rings (SSSR count). The molecule has 2 aromatic rings. The van der Waals surface area contributed by atoms with Crippen molar-refractivity contribution in [2.45, 2.75) is 26.3 Å². The molecule has 1 aliphatic rings. The molecule has 2 aromatic carbocycles. The molecule has 6 nitrogen and oxygen atoms in total. The third-order valence-corrected chi connectivity index (χ3v) is 4.47. The van der Waals surface area contributed by atoms with E-state index in [0.717, 1.165) is 11.3 Å². The first-order chi connectivity index (χ1) is 12.9. The van der Waals surface area contributed by atoms with Crippen molar-refractivity contribution in [1.29, 1.82) is 0 Å². The Kier molecular flexibility index (Phi) is 5.46. The van der Waals surface area contributed by atoms with E-state index in [-0.39, 0.29) is 11.9 Å².